The zero-order valence-corrected chi connectivity index (χ0v) is 14.0. The van der Waals surface area contributed by atoms with Crippen molar-refractivity contribution in [1.82, 2.24) is 19.3 Å². The summed E-state index contributed by atoms with van der Waals surface area (Å²) in [6.07, 6.45) is 5.23. The summed E-state index contributed by atoms with van der Waals surface area (Å²) in [7, 11) is 3.22. The highest BCUT2D eigenvalue weighted by Gasteiger charge is 2.24. The molecule has 1 unspecified atom stereocenters. The van der Waals surface area contributed by atoms with Crippen LogP contribution in [0.3, 0.4) is 0 Å². The minimum Gasteiger partial charge on any atom is -0.494 e. The average molecular weight is 337 g/mol. The number of aromatic nitrogens is 4. The Hall–Kier alpha value is -2.00. The first-order chi connectivity index (χ1) is 11.3. The van der Waals surface area contributed by atoms with Gasteiger partial charge in [0.05, 0.1) is 26.0 Å². The molecule has 124 valence electrons. The number of methoxy groups -OCH3 is 2. The molecular weight excluding hydrogens is 318 g/mol. The van der Waals surface area contributed by atoms with Crippen molar-refractivity contribution < 1.29 is 14.2 Å². The van der Waals surface area contributed by atoms with Crippen molar-refractivity contribution in [3.63, 3.8) is 0 Å². The van der Waals surface area contributed by atoms with E-state index in [1.165, 1.54) is 11.5 Å². The van der Waals surface area contributed by atoms with Gasteiger partial charge in [0.2, 0.25) is 5.13 Å². The third-order valence-electron chi connectivity index (χ3n) is 3.49. The Kier molecular flexibility index (Phi) is 5.19. The van der Waals surface area contributed by atoms with Crippen LogP contribution in [0.1, 0.15) is 18.7 Å². The lowest BCUT2D eigenvalue weighted by Gasteiger charge is -2.31. The summed E-state index contributed by atoms with van der Waals surface area (Å²) >= 11 is 1.39. The van der Waals surface area contributed by atoms with Crippen LogP contribution < -0.4 is 14.4 Å². The van der Waals surface area contributed by atoms with E-state index in [2.05, 4.69) is 24.2 Å². The van der Waals surface area contributed by atoms with Gasteiger partial charge in [-0.3, -0.25) is 0 Å². The molecule has 3 heterocycles. The Bertz CT molecular complexity index is 621. The highest BCUT2D eigenvalue weighted by atomic mass is 32.1. The average Bonchev–Trinajstić information content (AvgIpc) is 3.05. The van der Waals surface area contributed by atoms with Gasteiger partial charge in [-0.25, -0.2) is 4.98 Å². The van der Waals surface area contributed by atoms with Gasteiger partial charge in [0.15, 0.2) is 11.6 Å². The van der Waals surface area contributed by atoms with Crippen LogP contribution >= 0.6 is 11.5 Å². The summed E-state index contributed by atoms with van der Waals surface area (Å²) in [5, 5.41) is 0.904. The Labute approximate surface area is 138 Å². The number of nitrogens with zero attached hydrogens (tertiary/aromatic N) is 5. The van der Waals surface area contributed by atoms with E-state index in [4.69, 9.17) is 14.2 Å². The zero-order valence-electron chi connectivity index (χ0n) is 13.1. The summed E-state index contributed by atoms with van der Waals surface area (Å²) in [6.45, 7) is 2.13. The maximum Gasteiger partial charge on any atom is 0.316 e. The van der Waals surface area contributed by atoms with Crippen molar-refractivity contribution in [3.05, 3.63) is 18.2 Å². The fraction of sp³-hybridized carbons (Fsp3) is 0.571. The predicted molar refractivity (Wildman–Crippen MR) is 85.1 cm³/mol. The van der Waals surface area contributed by atoms with Crippen LogP contribution in [-0.2, 0) is 11.3 Å². The van der Waals surface area contributed by atoms with Gasteiger partial charge in [-0.05, 0) is 12.8 Å². The number of anilines is 1. The molecule has 2 aromatic rings. The molecule has 0 saturated carbocycles. The standard InChI is InChI=1S/C14H19N5O3S/c1-20-9-12-17-14(23-18-12)19-5-3-4-10(8-19)22-13-15-6-11(21-2)7-16-13/h6-7,10H,3-5,8-9H2,1-2H3. The summed E-state index contributed by atoms with van der Waals surface area (Å²) in [5.74, 6) is 1.33. The smallest absolute Gasteiger partial charge is 0.316 e. The van der Waals surface area contributed by atoms with Crippen LogP contribution in [0.25, 0.3) is 0 Å². The van der Waals surface area contributed by atoms with Crippen LogP contribution in [0, 0.1) is 0 Å². The number of piperidine rings is 1. The van der Waals surface area contributed by atoms with Gasteiger partial charge < -0.3 is 19.1 Å². The molecule has 1 atom stereocenters. The molecule has 1 aliphatic heterocycles. The highest BCUT2D eigenvalue weighted by Crippen LogP contribution is 2.24. The van der Waals surface area contributed by atoms with Gasteiger partial charge in [0, 0.05) is 25.2 Å². The molecule has 0 aliphatic carbocycles. The molecule has 0 N–H and O–H groups in total. The van der Waals surface area contributed by atoms with E-state index in [0.29, 0.717) is 24.2 Å². The molecule has 9 heteroatoms. The lowest BCUT2D eigenvalue weighted by molar-refractivity contribution is 0.164. The summed E-state index contributed by atoms with van der Waals surface area (Å²) in [5.41, 5.74) is 0. The van der Waals surface area contributed by atoms with Gasteiger partial charge in [0.1, 0.15) is 12.7 Å². The molecule has 0 aromatic carbocycles. The SMILES string of the molecule is COCc1nsc(N2CCCC(Oc3ncc(OC)cn3)C2)n1. The monoisotopic (exact) mass is 337 g/mol. The number of hydrogen-bond acceptors (Lipinski definition) is 9. The minimum absolute atomic E-state index is 0.0342. The second-order valence-electron chi connectivity index (χ2n) is 5.16. The first-order valence-electron chi connectivity index (χ1n) is 7.37. The van der Waals surface area contributed by atoms with Crippen LogP contribution in [-0.4, -0.2) is 52.7 Å². The lowest BCUT2D eigenvalue weighted by Crippen LogP contribution is -2.41. The van der Waals surface area contributed by atoms with Crippen molar-refractivity contribution in [2.75, 3.05) is 32.2 Å². The number of rotatable bonds is 6. The van der Waals surface area contributed by atoms with Crippen LogP contribution in [0.2, 0.25) is 0 Å². The first-order valence-corrected chi connectivity index (χ1v) is 8.15. The molecule has 0 bridgehead atoms. The van der Waals surface area contributed by atoms with E-state index < -0.39 is 0 Å². The molecule has 2 aromatic heterocycles. The fourth-order valence-corrected chi connectivity index (χ4v) is 3.10. The number of ether oxygens (including phenoxy) is 3. The quantitative estimate of drug-likeness (QED) is 0.785. The van der Waals surface area contributed by atoms with E-state index in [1.54, 1.807) is 26.6 Å². The second kappa shape index (κ2) is 7.51. The Balaban J connectivity index is 1.60. The maximum atomic E-state index is 5.87. The van der Waals surface area contributed by atoms with Crippen molar-refractivity contribution in [1.29, 1.82) is 0 Å². The normalized spacial score (nSPS) is 18.0. The summed E-state index contributed by atoms with van der Waals surface area (Å²) in [6, 6.07) is 0.370. The molecule has 0 spiro atoms. The molecule has 0 amide bonds. The highest BCUT2D eigenvalue weighted by molar-refractivity contribution is 7.09. The van der Waals surface area contributed by atoms with Gasteiger partial charge in [-0.1, -0.05) is 0 Å². The Morgan fingerprint density at radius 1 is 1.30 bits per heavy atom. The van der Waals surface area contributed by atoms with E-state index >= 15 is 0 Å². The minimum atomic E-state index is 0.0342. The summed E-state index contributed by atoms with van der Waals surface area (Å²) in [4.78, 5) is 15.0. The first kappa shape index (κ1) is 15.9. The second-order valence-corrected chi connectivity index (χ2v) is 5.89. The molecule has 1 fully saturated rings. The van der Waals surface area contributed by atoms with Crippen molar-refractivity contribution in [2.45, 2.75) is 25.6 Å². The maximum absolute atomic E-state index is 5.87. The topological polar surface area (TPSA) is 82.5 Å². The molecule has 23 heavy (non-hydrogen) atoms. The number of hydrogen-bond donors (Lipinski definition) is 0. The molecule has 0 radical (unpaired) electrons. The third-order valence-corrected chi connectivity index (χ3v) is 4.31. The van der Waals surface area contributed by atoms with E-state index in [9.17, 15) is 0 Å². The van der Waals surface area contributed by atoms with Crippen molar-refractivity contribution in [2.24, 2.45) is 0 Å². The predicted octanol–water partition coefficient (Wildman–Crippen LogP) is 1.53. The van der Waals surface area contributed by atoms with E-state index in [1.807, 2.05) is 0 Å². The van der Waals surface area contributed by atoms with Gasteiger partial charge >= 0.3 is 6.01 Å². The van der Waals surface area contributed by atoms with Crippen LogP contribution in [0.15, 0.2) is 12.4 Å². The van der Waals surface area contributed by atoms with Gasteiger partial charge in [-0.2, -0.15) is 14.3 Å². The summed E-state index contributed by atoms with van der Waals surface area (Å²) < 4.78 is 20.3. The lowest BCUT2D eigenvalue weighted by atomic mass is 10.1. The van der Waals surface area contributed by atoms with Crippen LogP contribution in [0.5, 0.6) is 11.8 Å². The largest absolute Gasteiger partial charge is 0.494 e. The molecule has 3 rings (SSSR count). The zero-order chi connectivity index (χ0) is 16.1. The van der Waals surface area contributed by atoms with Crippen molar-refractivity contribution in [3.8, 4) is 11.8 Å². The van der Waals surface area contributed by atoms with E-state index in [-0.39, 0.29) is 6.10 Å². The fourth-order valence-electron chi connectivity index (χ4n) is 2.39. The van der Waals surface area contributed by atoms with E-state index in [0.717, 1.165) is 31.1 Å². The molecular formula is C14H19N5O3S. The Morgan fingerprint density at radius 2 is 2.13 bits per heavy atom. The molecule has 1 aliphatic rings. The molecule has 8 nitrogen and oxygen atoms in total. The molecule has 1 saturated heterocycles. The van der Waals surface area contributed by atoms with Crippen molar-refractivity contribution >= 4 is 16.7 Å². The van der Waals surface area contributed by atoms with Crippen LogP contribution in [0.4, 0.5) is 5.13 Å². The third kappa shape index (κ3) is 4.05. The van der Waals surface area contributed by atoms with Gasteiger partial charge in [-0.15, -0.1) is 0 Å². The Morgan fingerprint density at radius 3 is 2.87 bits per heavy atom. The van der Waals surface area contributed by atoms with Gasteiger partial charge in [0.25, 0.3) is 0 Å².